The lowest BCUT2D eigenvalue weighted by Crippen LogP contribution is -2.44. The summed E-state index contributed by atoms with van der Waals surface area (Å²) in [5.74, 6) is 0.535. The number of rotatable bonds is 3. The molecule has 1 aliphatic heterocycles. The third kappa shape index (κ3) is 3.34. The van der Waals surface area contributed by atoms with Crippen molar-refractivity contribution < 1.29 is 9.66 Å². The molecule has 2 aromatic rings. The lowest BCUT2D eigenvalue weighted by Gasteiger charge is -2.39. The van der Waals surface area contributed by atoms with Crippen LogP contribution in [0.2, 0.25) is 0 Å². The van der Waals surface area contributed by atoms with Crippen LogP contribution in [0.3, 0.4) is 0 Å². The molecule has 0 amide bonds. The Hall–Kier alpha value is -2.82. The van der Waals surface area contributed by atoms with Crippen LogP contribution in [-0.2, 0) is 0 Å². The summed E-state index contributed by atoms with van der Waals surface area (Å²) in [4.78, 5) is 12.6. The van der Waals surface area contributed by atoms with Gasteiger partial charge in [-0.2, -0.15) is 0 Å². The molecule has 0 N–H and O–H groups in total. The van der Waals surface area contributed by atoms with Gasteiger partial charge < -0.3 is 9.64 Å². The van der Waals surface area contributed by atoms with E-state index >= 15 is 0 Å². The molecule has 0 aromatic heterocycles. The Kier molecular flexibility index (Phi) is 3.78. The summed E-state index contributed by atoms with van der Waals surface area (Å²) >= 11 is 0. The van der Waals surface area contributed by atoms with Crippen LogP contribution in [0.25, 0.3) is 6.08 Å². The van der Waals surface area contributed by atoms with E-state index in [0.29, 0.717) is 12.3 Å². The van der Waals surface area contributed by atoms with E-state index in [0.717, 1.165) is 11.3 Å². The van der Waals surface area contributed by atoms with Crippen LogP contribution in [0.1, 0.15) is 19.4 Å². The molecule has 1 heterocycles. The van der Waals surface area contributed by atoms with Gasteiger partial charge in [0.25, 0.3) is 5.69 Å². The fourth-order valence-corrected chi connectivity index (χ4v) is 2.63. The molecular weight excluding hydrogens is 292 g/mol. The third-order valence-electron chi connectivity index (χ3n) is 3.65. The number of nitro benzene ring substituents is 1. The number of non-ortho nitro benzene ring substituents is 1. The lowest BCUT2D eigenvalue weighted by atomic mass is 10.1. The highest BCUT2D eigenvalue weighted by molar-refractivity contribution is 5.68. The van der Waals surface area contributed by atoms with E-state index in [2.05, 4.69) is 4.90 Å². The van der Waals surface area contributed by atoms with Crippen molar-refractivity contribution in [3.63, 3.8) is 0 Å². The molecule has 0 atom stereocenters. The van der Waals surface area contributed by atoms with Gasteiger partial charge in [0.15, 0.2) is 5.75 Å². The largest absolute Gasteiger partial charge is 0.484 e. The maximum absolute atomic E-state index is 11.0. The zero-order chi connectivity index (χ0) is 16.4. The van der Waals surface area contributed by atoms with Gasteiger partial charge in [-0.05, 0) is 31.6 Å². The van der Waals surface area contributed by atoms with Crippen LogP contribution in [0, 0.1) is 10.1 Å². The summed E-state index contributed by atoms with van der Waals surface area (Å²) in [7, 11) is 0. The molecule has 0 aliphatic carbocycles. The number of fused-ring (bicyclic) bond motifs is 1. The van der Waals surface area contributed by atoms with Gasteiger partial charge in [-0.25, -0.2) is 0 Å². The minimum Gasteiger partial charge on any atom is -0.484 e. The Balaban J connectivity index is 1.96. The van der Waals surface area contributed by atoms with E-state index in [1.54, 1.807) is 6.07 Å². The van der Waals surface area contributed by atoms with Crippen molar-refractivity contribution in [2.75, 3.05) is 11.4 Å². The SMILES string of the molecule is CC1(C)CN(/C=C/c2ccccc2)c2ccc([N+](=O)[O-])cc2O1. The normalized spacial score (nSPS) is 16.0. The van der Waals surface area contributed by atoms with E-state index in [4.69, 9.17) is 4.74 Å². The number of hydrogen-bond donors (Lipinski definition) is 0. The molecule has 5 heteroatoms. The first-order chi connectivity index (χ1) is 10.9. The molecule has 5 nitrogen and oxygen atoms in total. The maximum atomic E-state index is 11.0. The fourth-order valence-electron chi connectivity index (χ4n) is 2.63. The molecule has 1 aliphatic rings. The Labute approximate surface area is 135 Å². The highest BCUT2D eigenvalue weighted by atomic mass is 16.6. The maximum Gasteiger partial charge on any atom is 0.273 e. The van der Waals surface area contributed by atoms with Gasteiger partial charge in [-0.15, -0.1) is 0 Å². The van der Waals surface area contributed by atoms with Crippen LogP contribution < -0.4 is 9.64 Å². The molecule has 0 radical (unpaired) electrons. The molecule has 2 aromatic carbocycles. The fraction of sp³-hybridized carbons (Fsp3) is 0.222. The first-order valence-electron chi connectivity index (χ1n) is 7.42. The van der Waals surface area contributed by atoms with Crippen LogP contribution in [0.15, 0.2) is 54.7 Å². The van der Waals surface area contributed by atoms with E-state index < -0.39 is 10.5 Å². The van der Waals surface area contributed by atoms with Gasteiger partial charge in [0.05, 0.1) is 23.2 Å². The number of benzene rings is 2. The van der Waals surface area contributed by atoms with Gasteiger partial charge in [0.1, 0.15) is 5.60 Å². The molecular formula is C18H18N2O3. The first kappa shape index (κ1) is 15.1. The van der Waals surface area contributed by atoms with Crippen molar-refractivity contribution >= 4 is 17.5 Å². The van der Waals surface area contributed by atoms with Crippen LogP contribution in [0.5, 0.6) is 5.75 Å². The van der Waals surface area contributed by atoms with Gasteiger partial charge in [-0.1, -0.05) is 30.3 Å². The summed E-state index contributed by atoms with van der Waals surface area (Å²) in [6.45, 7) is 4.61. The molecule has 0 saturated heterocycles. The van der Waals surface area contributed by atoms with Crippen molar-refractivity contribution in [1.82, 2.24) is 0 Å². The third-order valence-corrected chi connectivity index (χ3v) is 3.65. The van der Waals surface area contributed by atoms with E-state index in [-0.39, 0.29) is 5.69 Å². The molecule has 3 rings (SSSR count). The molecule has 0 unspecified atom stereocenters. The highest BCUT2D eigenvalue weighted by Gasteiger charge is 2.31. The van der Waals surface area contributed by atoms with Crippen molar-refractivity contribution in [2.45, 2.75) is 19.4 Å². The van der Waals surface area contributed by atoms with Crippen LogP contribution in [0.4, 0.5) is 11.4 Å². The Bertz CT molecular complexity index is 754. The van der Waals surface area contributed by atoms with Gasteiger partial charge in [-0.3, -0.25) is 10.1 Å². The van der Waals surface area contributed by atoms with E-state index in [1.807, 2.05) is 56.5 Å². The molecule has 0 bridgehead atoms. The zero-order valence-corrected chi connectivity index (χ0v) is 13.1. The second kappa shape index (κ2) is 5.76. The van der Waals surface area contributed by atoms with Crippen LogP contribution in [-0.4, -0.2) is 17.1 Å². The lowest BCUT2D eigenvalue weighted by molar-refractivity contribution is -0.385. The number of ether oxygens (including phenoxy) is 1. The number of anilines is 1. The molecule has 23 heavy (non-hydrogen) atoms. The molecule has 0 spiro atoms. The highest BCUT2D eigenvalue weighted by Crippen LogP contribution is 2.39. The Morgan fingerprint density at radius 3 is 2.65 bits per heavy atom. The number of nitrogens with zero attached hydrogens (tertiary/aromatic N) is 2. The predicted molar refractivity (Wildman–Crippen MR) is 90.6 cm³/mol. The minimum absolute atomic E-state index is 0.0356. The average Bonchev–Trinajstić information content (AvgIpc) is 2.52. The first-order valence-corrected chi connectivity index (χ1v) is 7.42. The average molecular weight is 310 g/mol. The monoisotopic (exact) mass is 310 g/mol. The Morgan fingerprint density at radius 1 is 1.22 bits per heavy atom. The van der Waals surface area contributed by atoms with Gasteiger partial charge >= 0.3 is 0 Å². The molecule has 0 saturated carbocycles. The van der Waals surface area contributed by atoms with Crippen molar-refractivity contribution in [3.8, 4) is 5.75 Å². The quantitative estimate of drug-likeness (QED) is 0.628. The molecule has 0 fully saturated rings. The second-order valence-corrected chi connectivity index (χ2v) is 6.13. The number of hydrogen-bond acceptors (Lipinski definition) is 4. The number of nitro groups is 1. The van der Waals surface area contributed by atoms with E-state index in [9.17, 15) is 10.1 Å². The molecule has 118 valence electrons. The smallest absolute Gasteiger partial charge is 0.273 e. The van der Waals surface area contributed by atoms with E-state index in [1.165, 1.54) is 12.1 Å². The predicted octanol–water partition coefficient (Wildman–Crippen LogP) is 4.24. The zero-order valence-electron chi connectivity index (χ0n) is 13.1. The van der Waals surface area contributed by atoms with Gasteiger partial charge in [0.2, 0.25) is 0 Å². The summed E-state index contributed by atoms with van der Waals surface area (Å²) in [5, 5.41) is 11.0. The van der Waals surface area contributed by atoms with Gasteiger partial charge in [0, 0.05) is 12.3 Å². The standard InChI is InChI=1S/C18H18N2O3/c1-18(2)13-19(11-10-14-6-4-3-5-7-14)16-9-8-15(20(21)22)12-17(16)23-18/h3-12H,13H2,1-2H3/b11-10+. The summed E-state index contributed by atoms with van der Waals surface area (Å²) < 4.78 is 5.91. The Morgan fingerprint density at radius 2 is 1.96 bits per heavy atom. The second-order valence-electron chi connectivity index (χ2n) is 6.13. The summed E-state index contributed by atoms with van der Waals surface area (Å²) in [6.07, 6.45) is 4.01. The van der Waals surface area contributed by atoms with Crippen molar-refractivity contribution in [3.05, 3.63) is 70.4 Å². The minimum atomic E-state index is -0.427. The van der Waals surface area contributed by atoms with Crippen LogP contribution >= 0.6 is 0 Å². The topological polar surface area (TPSA) is 55.6 Å². The van der Waals surface area contributed by atoms with Crippen molar-refractivity contribution in [2.24, 2.45) is 0 Å². The summed E-state index contributed by atoms with van der Waals surface area (Å²) in [6, 6.07) is 14.7. The summed E-state index contributed by atoms with van der Waals surface area (Å²) in [5.41, 5.74) is 1.54. The van der Waals surface area contributed by atoms with Crippen molar-refractivity contribution in [1.29, 1.82) is 0 Å².